The van der Waals surface area contributed by atoms with Crippen LogP contribution in [0.3, 0.4) is 0 Å². The lowest BCUT2D eigenvalue weighted by Gasteiger charge is -2.26. The van der Waals surface area contributed by atoms with E-state index < -0.39 is 0 Å². The third kappa shape index (κ3) is 3.68. The number of ether oxygens (including phenoxy) is 1. The Kier molecular flexibility index (Phi) is 5.31. The zero-order chi connectivity index (χ0) is 21.3. The molecule has 1 aromatic carbocycles. The number of rotatable bonds is 5. The number of nitrogens with zero attached hydrogens (tertiary/aromatic N) is 2. The first-order valence-electron chi connectivity index (χ1n) is 9.90. The maximum absolute atomic E-state index is 13.1. The lowest BCUT2D eigenvalue weighted by molar-refractivity contribution is 0.0727. The van der Waals surface area contributed by atoms with Crippen LogP contribution in [0, 0.1) is 6.92 Å². The Morgan fingerprint density at radius 3 is 2.97 bits per heavy atom. The molecule has 1 amide bonds. The molecule has 3 aromatic rings. The SMILES string of the molecule is CCc1[nH]c(=O)c(C(=O)N2CCc3onc(Nc4cccc(OC)c4)c3C2)cc1C. The molecule has 1 aliphatic rings. The van der Waals surface area contributed by atoms with Crippen molar-refractivity contribution < 1.29 is 14.1 Å². The summed E-state index contributed by atoms with van der Waals surface area (Å²) in [6.45, 7) is 4.65. The maximum Gasteiger partial charge on any atom is 0.261 e. The molecule has 0 aliphatic carbocycles. The van der Waals surface area contributed by atoms with Crippen molar-refractivity contribution in [2.24, 2.45) is 0 Å². The minimum absolute atomic E-state index is 0.159. The van der Waals surface area contributed by atoms with Crippen molar-refractivity contribution in [3.63, 3.8) is 0 Å². The molecule has 2 aromatic heterocycles. The lowest BCUT2D eigenvalue weighted by Crippen LogP contribution is -2.38. The molecule has 8 nitrogen and oxygen atoms in total. The number of carbonyl (C=O) groups is 1. The number of carbonyl (C=O) groups excluding carboxylic acids is 1. The van der Waals surface area contributed by atoms with Gasteiger partial charge in [-0.3, -0.25) is 9.59 Å². The number of benzene rings is 1. The number of aryl methyl sites for hydroxylation is 2. The topological polar surface area (TPSA) is 100 Å². The van der Waals surface area contributed by atoms with E-state index in [1.54, 1.807) is 18.1 Å². The van der Waals surface area contributed by atoms with E-state index in [1.165, 1.54) is 0 Å². The second-order valence-electron chi connectivity index (χ2n) is 7.29. The van der Waals surface area contributed by atoms with Gasteiger partial charge in [-0.05, 0) is 37.1 Å². The van der Waals surface area contributed by atoms with E-state index in [0.717, 1.165) is 34.0 Å². The van der Waals surface area contributed by atoms with Crippen LogP contribution >= 0.6 is 0 Å². The molecule has 0 saturated heterocycles. The summed E-state index contributed by atoms with van der Waals surface area (Å²) >= 11 is 0. The Bertz CT molecular complexity index is 1150. The van der Waals surface area contributed by atoms with Gasteiger partial charge in [0, 0.05) is 30.4 Å². The van der Waals surface area contributed by atoms with E-state index in [0.29, 0.717) is 31.7 Å². The van der Waals surface area contributed by atoms with Gasteiger partial charge in [0.2, 0.25) is 0 Å². The summed E-state index contributed by atoms with van der Waals surface area (Å²) < 4.78 is 10.7. The van der Waals surface area contributed by atoms with Crippen LogP contribution in [0.25, 0.3) is 0 Å². The highest BCUT2D eigenvalue weighted by atomic mass is 16.5. The fourth-order valence-electron chi connectivity index (χ4n) is 3.69. The minimum atomic E-state index is -0.353. The molecule has 0 bridgehead atoms. The van der Waals surface area contributed by atoms with E-state index in [4.69, 9.17) is 9.26 Å². The van der Waals surface area contributed by atoms with Crippen LogP contribution in [0.5, 0.6) is 5.75 Å². The molecule has 0 fully saturated rings. The molecule has 0 saturated carbocycles. The van der Waals surface area contributed by atoms with Crippen molar-refractivity contribution in [1.82, 2.24) is 15.0 Å². The molecular weight excluding hydrogens is 384 g/mol. The zero-order valence-corrected chi connectivity index (χ0v) is 17.2. The second-order valence-corrected chi connectivity index (χ2v) is 7.29. The standard InChI is InChI=1S/C22H24N4O4/c1-4-18-13(2)10-16(21(27)24-18)22(28)26-9-8-19-17(12-26)20(25-30-19)23-14-6-5-7-15(11-14)29-3/h5-7,10-11H,4,8-9,12H2,1-3H3,(H,23,25)(H,24,27). The van der Waals surface area contributed by atoms with Crippen LogP contribution in [-0.2, 0) is 19.4 Å². The monoisotopic (exact) mass is 408 g/mol. The molecule has 0 unspecified atom stereocenters. The first-order valence-corrected chi connectivity index (χ1v) is 9.90. The number of aromatic amines is 1. The number of methoxy groups -OCH3 is 1. The van der Waals surface area contributed by atoms with Crippen molar-refractivity contribution in [3.8, 4) is 5.75 Å². The average molecular weight is 408 g/mol. The van der Waals surface area contributed by atoms with Gasteiger partial charge in [-0.25, -0.2) is 0 Å². The van der Waals surface area contributed by atoms with Gasteiger partial charge in [-0.15, -0.1) is 0 Å². The Labute approximate surface area is 173 Å². The van der Waals surface area contributed by atoms with Gasteiger partial charge in [-0.1, -0.05) is 18.1 Å². The largest absolute Gasteiger partial charge is 0.497 e. The normalized spacial score (nSPS) is 13.1. The molecule has 0 radical (unpaired) electrons. The van der Waals surface area contributed by atoms with Crippen LogP contribution in [0.15, 0.2) is 39.6 Å². The fraction of sp³-hybridized carbons (Fsp3) is 0.318. The summed E-state index contributed by atoms with van der Waals surface area (Å²) in [5.74, 6) is 1.73. The van der Waals surface area contributed by atoms with E-state index in [2.05, 4.69) is 15.5 Å². The molecule has 2 N–H and O–H groups in total. The van der Waals surface area contributed by atoms with Gasteiger partial charge < -0.3 is 24.5 Å². The molecule has 0 spiro atoms. The summed E-state index contributed by atoms with van der Waals surface area (Å²) in [7, 11) is 1.61. The summed E-state index contributed by atoms with van der Waals surface area (Å²) in [4.78, 5) is 30.0. The highest BCUT2D eigenvalue weighted by Gasteiger charge is 2.29. The second kappa shape index (κ2) is 8.06. The fourth-order valence-corrected chi connectivity index (χ4v) is 3.69. The zero-order valence-electron chi connectivity index (χ0n) is 17.2. The molecule has 8 heteroatoms. The summed E-state index contributed by atoms with van der Waals surface area (Å²) in [5, 5.41) is 7.37. The van der Waals surface area contributed by atoms with Crippen LogP contribution in [-0.4, -0.2) is 34.6 Å². The molecule has 4 rings (SSSR count). The van der Waals surface area contributed by atoms with Crippen LogP contribution in [0.4, 0.5) is 11.5 Å². The first kappa shape index (κ1) is 19.8. The number of amides is 1. The summed E-state index contributed by atoms with van der Waals surface area (Å²) in [5.41, 5.74) is 3.18. The van der Waals surface area contributed by atoms with E-state index >= 15 is 0 Å². The number of aromatic nitrogens is 2. The van der Waals surface area contributed by atoms with Crippen molar-refractivity contribution in [2.75, 3.05) is 19.0 Å². The molecule has 0 atom stereocenters. The predicted molar refractivity (Wildman–Crippen MR) is 112 cm³/mol. The van der Waals surface area contributed by atoms with Gasteiger partial charge in [0.05, 0.1) is 19.2 Å². The third-order valence-corrected chi connectivity index (χ3v) is 5.38. The lowest BCUT2D eigenvalue weighted by atomic mass is 10.1. The number of fused-ring (bicyclic) bond motifs is 1. The van der Waals surface area contributed by atoms with Crippen molar-refractivity contribution in [3.05, 3.63) is 68.8 Å². The van der Waals surface area contributed by atoms with Crippen LogP contribution in [0.1, 0.15) is 39.9 Å². The van der Waals surface area contributed by atoms with Crippen molar-refractivity contribution in [1.29, 1.82) is 0 Å². The number of anilines is 2. The van der Waals surface area contributed by atoms with Gasteiger partial charge in [0.25, 0.3) is 11.5 Å². The Hall–Kier alpha value is -3.55. The third-order valence-electron chi connectivity index (χ3n) is 5.38. The van der Waals surface area contributed by atoms with Gasteiger partial charge in [0.1, 0.15) is 17.1 Å². The maximum atomic E-state index is 13.1. The van der Waals surface area contributed by atoms with Gasteiger partial charge in [0.15, 0.2) is 5.82 Å². The molecule has 30 heavy (non-hydrogen) atoms. The Morgan fingerprint density at radius 1 is 1.37 bits per heavy atom. The number of nitrogens with one attached hydrogen (secondary N) is 2. The van der Waals surface area contributed by atoms with E-state index in [9.17, 15) is 9.59 Å². The summed E-state index contributed by atoms with van der Waals surface area (Å²) in [6.07, 6.45) is 1.25. The number of pyridine rings is 1. The number of hydrogen-bond donors (Lipinski definition) is 2. The Morgan fingerprint density at radius 2 is 2.20 bits per heavy atom. The molecule has 3 heterocycles. The van der Waals surface area contributed by atoms with Crippen molar-refractivity contribution >= 4 is 17.4 Å². The smallest absolute Gasteiger partial charge is 0.261 e. The average Bonchev–Trinajstić information content (AvgIpc) is 3.16. The first-order chi connectivity index (χ1) is 14.5. The molecule has 156 valence electrons. The highest BCUT2D eigenvalue weighted by molar-refractivity contribution is 5.94. The highest BCUT2D eigenvalue weighted by Crippen LogP contribution is 2.29. The predicted octanol–water partition coefficient (Wildman–Crippen LogP) is 3.18. The molecular formula is C22H24N4O4. The van der Waals surface area contributed by atoms with Gasteiger partial charge >= 0.3 is 0 Å². The Balaban J connectivity index is 1.58. The van der Waals surface area contributed by atoms with E-state index in [1.807, 2.05) is 38.1 Å². The summed E-state index contributed by atoms with van der Waals surface area (Å²) in [6, 6.07) is 9.15. The van der Waals surface area contributed by atoms with Crippen LogP contribution < -0.4 is 15.6 Å². The van der Waals surface area contributed by atoms with Crippen LogP contribution in [0.2, 0.25) is 0 Å². The van der Waals surface area contributed by atoms with E-state index in [-0.39, 0.29) is 17.0 Å². The molecule has 1 aliphatic heterocycles. The van der Waals surface area contributed by atoms with Gasteiger partial charge in [-0.2, -0.15) is 0 Å². The number of H-pyrrole nitrogens is 1. The number of hydrogen-bond acceptors (Lipinski definition) is 6. The minimum Gasteiger partial charge on any atom is -0.497 e. The quantitative estimate of drug-likeness (QED) is 0.673. The van der Waals surface area contributed by atoms with Crippen molar-refractivity contribution in [2.45, 2.75) is 33.2 Å².